The summed E-state index contributed by atoms with van der Waals surface area (Å²) < 4.78 is 23.8. The van der Waals surface area contributed by atoms with Crippen molar-refractivity contribution >= 4 is 23.2 Å². The fourth-order valence-electron chi connectivity index (χ4n) is 2.15. The number of halogens is 1. The molecule has 1 heterocycles. The van der Waals surface area contributed by atoms with Crippen molar-refractivity contribution in [2.24, 2.45) is 0 Å². The molecule has 2 aromatic carbocycles. The van der Waals surface area contributed by atoms with Crippen LogP contribution in [0.5, 0.6) is 11.5 Å². The van der Waals surface area contributed by atoms with Crippen molar-refractivity contribution in [3.8, 4) is 11.5 Å². The van der Waals surface area contributed by atoms with Crippen molar-refractivity contribution in [1.82, 2.24) is 0 Å². The van der Waals surface area contributed by atoms with Crippen molar-refractivity contribution in [2.45, 2.75) is 6.92 Å². The van der Waals surface area contributed by atoms with Crippen molar-refractivity contribution < 1.29 is 23.5 Å². The summed E-state index contributed by atoms with van der Waals surface area (Å²) in [6.45, 7) is 1.43. The fraction of sp³-hybridized carbons (Fsp3) is 0.125. The summed E-state index contributed by atoms with van der Waals surface area (Å²) in [5, 5.41) is 5.11. The molecule has 0 aliphatic carbocycles. The Morgan fingerprint density at radius 2 is 1.78 bits per heavy atom. The predicted octanol–water partition coefficient (Wildman–Crippen LogP) is 2.77. The Morgan fingerprint density at radius 3 is 2.57 bits per heavy atom. The van der Waals surface area contributed by atoms with Crippen LogP contribution in [0.15, 0.2) is 36.4 Å². The fourth-order valence-corrected chi connectivity index (χ4v) is 2.15. The first-order chi connectivity index (χ1) is 11.0. The maximum atomic E-state index is 13.4. The summed E-state index contributed by atoms with van der Waals surface area (Å²) in [6.07, 6.45) is 0. The number of fused-ring (bicyclic) bond motifs is 1. The summed E-state index contributed by atoms with van der Waals surface area (Å²) in [4.78, 5) is 23.5. The molecular weight excluding hydrogens is 303 g/mol. The Morgan fingerprint density at radius 1 is 1.00 bits per heavy atom. The Kier molecular flexibility index (Phi) is 3.84. The second kappa shape index (κ2) is 5.96. The molecule has 0 saturated heterocycles. The number of carbonyl (C=O) groups is 2. The van der Waals surface area contributed by atoms with E-state index in [1.807, 2.05) is 0 Å². The standard InChI is InChI=1S/C16H13FN2O4/c1-9(20)18-12-4-3-11(17)7-13(12)19-16(21)10-2-5-14-15(6-10)23-8-22-14/h2-7H,8H2,1H3,(H,18,20)(H,19,21). The Bertz CT molecular complexity index is 792. The number of ether oxygens (including phenoxy) is 2. The molecular formula is C16H13FN2O4. The quantitative estimate of drug-likeness (QED) is 0.913. The molecule has 1 aliphatic heterocycles. The smallest absolute Gasteiger partial charge is 0.255 e. The van der Waals surface area contributed by atoms with Crippen LogP contribution >= 0.6 is 0 Å². The molecule has 1 aliphatic rings. The first-order valence-electron chi connectivity index (χ1n) is 6.81. The molecule has 0 spiro atoms. The summed E-state index contributed by atoms with van der Waals surface area (Å²) >= 11 is 0. The molecule has 2 amide bonds. The summed E-state index contributed by atoms with van der Waals surface area (Å²) in [6, 6.07) is 8.44. The number of rotatable bonds is 3. The highest BCUT2D eigenvalue weighted by Gasteiger charge is 2.17. The Hall–Kier alpha value is -3.09. The van der Waals surface area contributed by atoms with E-state index in [1.165, 1.54) is 25.1 Å². The molecule has 23 heavy (non-hydrogen) atoms. The van der Waals surface area contributed by atoms with Crippen LogP contribution in [-0.2, 0) is 4.79 Å². The van der Waals surface area contributed by atoms with Crippen molar-refractivity contribution in [3.63, 3.8) is 0 Å². The molecule has 0 aromatic heterocycles. The number of benzene rings is 2. The van der Waals surface area contributed by atoms with E-state index >= 15 is 0 Å². The van der Waals surface area contributed by atoms with E-state index in [0.717, 1.165) is 6.07 Å². The van der Waals surface area contributed by atoms with Crippen LogP contribution < -0.4 is 20.1 Å². The third-order valence-electron chi connectivity index (χ3n) is 3.18. The van der Waals surface area contributed by atoms with Gasteiger partial charge < -0.3 is 20.1 Å². The molecule has 7 heteroatoms. The van der Waals surface area contributed by atoms with Gasteiger partial charge in [-0.3, -0.25) is 9.59 Å². The zero-order valence-corrected chi connectivity index (χ0v) is 12.2. The van der Waals surface area contributed by atoms with Crippen LogP contribution in [0.2, 0.25) is 0 Å². The van der Waals surface area contributed by atoms with Gasteiger partial charge in [-0.25, -0.2) is 4.39 Å². The van der Waals surface area contributed by atoms with Crippen molar-refractivity contribution in [1.29, 1.82) is 0 Å². The van der Waals surface area contributed by atoms with Crippen molar-refractivity contribution in [2.75, 3.05) is 17.4 Å². The first kappa shape index (κ1) is 14.8. The lowest BCUT2D eigenvalue weighted by atomic mass is 10.1. The monoisotopic (exact) mass is 316 g/mol. The molecule has 2 N–H and O–H groups in total. The molecule has 0 fully saturated rings. The Balaban J connectivity index is 1.85. The summed E-state index contributed by atoms with van der Waals surface area (Å²) in [5.74, 6) is -0.277. The van der Waals surface area contributed by atoms with E-state index in [4.69, 9.17) is 9.47 Å². The van der Waals surface area contributed by atoms with Crippen LogP contribution in [0.1, 0.15) is 17.3 Å². The van der Waals surface area contributed by atoms with Crippen LogP contribution in [0, 0.1) is 5.82 Å². The number of anilines is 2. The molecule has 0 atom stereocenters. The maximum Gasteiger partial charge on any atom is 0.255 e. The van der Waals surface area contributed by atoms with E-state index in [0.29, 0.717) is 22.7 Å². The van der Waals surface area contributed by atoms with Crippen LogP contribution in [-0.4, -0.2) is 18.6 Å². The molecule has 0 radical (unpaired) electrons. The molecule has 0 unspecified atom stereocenters. The minimum atomic E-state index is -0.528. The zero-order valence-electron chi connectivity index (χ0n) is 12.2. The van der Waals surface area contributed by atoms with Gasteiger partial charge in [-0.15, -0.1) is 0 Å². The van der Waals surface area contributed by atoms with E-state index in [9.17, 15) is 14.0 Å². The van der Waals surface area contributed by atoms with Crippen LogP contribution in [0.25, 0.3) is 0 Å². The second-order valence-corrected chi connectivity index (χ2v) is 4.89. The zero-order chi connectivity index (χ0) is 16.4. The average molecular weight is 316 g/mol. The van der Waals surface area contributed by atoms with Gasteiger partial charge in [0.1, 0.15) is 5.82 Å². The molecule has 3 rings (SSSR count). The molecule has 0 saturated carbocycles. The van der Waals surface area contributed by atoms with Gasteiger partial charge in [-0.1, -0.05) is 0 Å². The SMILES string of the molecule is CC(=O)Nc1ccc(F)cc1NC(=O)c1ccc2c(c1)OCO2. The van der Waals surface area contributed by atoms with Crippen LogP contribution in [0.3, 0.4) is 0 Å². The molecule has 2 aromatic rings. The highest BCUT2D eigenvalue weighted by molar-refractivity contribution is 6.07. The Labute approximate surface area is 131 Å². The highest BCUT2D eigenvalue weighted by Crippen LogP contribution is 2.33. The van der Waals surface area contributed by atoms with E-state index in [2.05, 4.69) is 10.6 Å². The largest absolute Gasteiger partial charge is 0.454 e. The molecule has 6 nitrogen and oxygen atoms in total. The van der Waals surface area contributed by atoms with Gasteiger partial charge in [0, 0.05) is 12.5 Å². The van der Waals surface area contributed by atoms with Crippen LogP contribution in [0.4, 0.5) is 15.8 Å². The third-order valence-corrected chi connectivity index (χ3v) is 3.18. The lowest BCUT2D eigenvalue weighted by molar-refractivity contribution is -0.114. The minimum absolute atomic E-state index is 0.108. The van der Waals surface area contributed by atoms with E-state index < -0.39 is 11.7 Å². The summed E-state index contributed by atoms with van der Waals surface area (Å²) in [5.41, 5.74) is 0.808. The van der Waals surface area contributed by atoms with E-state index in [-0.39, 0.29) is 18.4 Å². The normalized spacial score (nSPS) is 11.9. The molecule has 118 valence electrons. The first-order valence-corrected chi connectivity index (χ1v) is 6.81. The predicted molar refractivity (Wildman–Crippen MR) is 81.2 cm³/mol. The average Bonchev–Trinajstić information content (AvgIpc) is 2.97. The van der Waals surface area contributed by atoms with Gasteiger partial charge in [0.25, 0.3) is 5.91 Å². The summed E-state index contributed by atoms with van der Waals surface area (Å²) in [7, 11) is 0. The number of amides is 2. The minimum Gasteiger partial charge on any atom is -0.454 e. The number of hydrogen-bond donors (Lipinski definition) is 2. The highest BCUT2D eigenvalue weighted by atomic mass is 19.1. The van der Waals surface area contributed by atoms with Gasteiger partial charge >= 0.3 is 0 Å². The van der Waals surface area contributed by atoms with Gasteiger partial charge in [-0.2, -0.15) is 0 Å². The maximum absolute atomic E-state index is 13.4. The van der Waals surface area contributed by atoms with Crippen molar-refractivity contribution in [3.05, 3.63) is 47.8 Å². The van der Waals surface area contributed by atoms with Gasteiger partial charge in [-0.05, 0) is 36.4 Å². The molecule has 0 bridgehead atoms. The number of carbonyl (C=O) groups excluding carboxylic acids is 2. The van der Waals surface area contributed by atoms with E-state index in [1.54, 1.807) is 12.1 Å². The number of hydrogen-bond acceptors (Lipinski definition) is 4. The topological polar surface area (TPSA) is 76.7 Å². The second-order valence-electron chi connectivity index (χ2n) is 4.89. The van der Waals surface area contributed by atoms with Gasteiger partial charge in [0.2, 0.25) is 12.7 Å². The van der Waals surface area contributed by atoms with Gasteiger partial charge in [0.05, 0.1) is 11.4 Å². The number of nitrogens with one attached hydrogen (secondary N) is 2. The van der Waals surface area contributed by atoms with Gasteiger partial charge in [0.15, 0.2) is 11.5 Å². The third kappa shape index (κ3) is 3.23. The lowest BCUT2D eigenvalue weighted by Gasteiger charge is -2.12. The lowest BCUT2D eigenvalue weighted by Crippen LogP contribution is -2.15.